The largest absolute Gasteiger partial charge is 0.436 e. The second kappa shape index (κ2) is 8.30. The molecule has 0 bridgehead atoms. The van der Waals surface area contributed by atoms with Gasteiger partial charge in [0.25, 0.3) is 0 Å². The quantitative estimate of drug-likeness (QED) is 0.534. The van der Waals surface area contributed by atoms with Crippen molar-refractivity contribution in [3.8, 4) is 0 Å². The third-order valence-corrected chi connectivity index (χ3v) is 7.63. The number of sulfone groups is 1. The van der Waals surface area contributed by atoms with Gasteiger partial charge >= 0.3 is 12.2 Å². The molecule has 2 aromatic rings. The Hall–Kier alpha value is -2.77. The third-order valence-electron chi connectivity index (χ3n) is 5.37. The van der Waals surface area contributed by atoms with Crippen molar-refractivity contribution < 1.29 is 35.2 Å². The van der Waals surface area contributed by atoms with Crippen LogP contribution in [0.3, 0.4) is 0 Å². The van der Waals surface area contributed by atoms with E-state index in [1.807, 2.05) is 0 Å². The molecular weight excluding hydrogens is 461 g/mol. The monoisotopic (exact) mass is 481 g/mol. The van der Waals surface area contributed by atoms with Gasteiger partial charge in [0.05, 0.1) is 0 Å². The molecule has 2 aromatic heterocycles. The zero-order valence-electron chi connectivity index (χ0n) is 17.0. The van der Waals surface area contributed by atoms with Crippen molar-refractivity contribution in [3.63, 3.8) is 0 Å². The normalized spacial score (nSPS) is 17.8. The van der Waals surface area contributed by atoms with Gasteiger partial charge in [0, 0.05) is 50.2 Å². The van der Waals surface area contributed by atoms with E-state index in [-0.39, 0.29) is 31.6 Å². The van der Waals surface area contributed by atoms with E-state index in [1.54, 1.807) is 0 Å². The van der Waals surface area contributed by atoms with Gasteiger partial charge in [-0.15, -0.1) is 0 Å². The Bertz CT molecular complexity index is 1110. The van der Waals surface area contributed by atoms with Crippen LogP contribution in [0.4, 0.5) is 32.4 Å². The lowest BCUT2D eigenvalue weighted by Gasteiger charge is -2.37. The maximum absolute atomic E-state index is 15.6. The average Bonchev–Trinajstić information content (AvgIpc) is 3.11. The van der Waals surface area contributed by atoms with Gasteiger partial charge in [-0.05, 0) is 25.8 Å². The molecule has 14 heteroatoms. The standard InChI is InChI=1S/C18H20F5N5O3S/c1-17(20,32(30,31)13-10-27(2)26-15(13)18(21,22)23)11-4-7-28(8-5-11)16(29)25-12-3-6-24-14(19)9-12/h3,6,9-11H,4-5,7-8H2,1-2H3,(H,24,25,29)/t17-/m1/s1. The van der Waals surface area contributed by atoms with Crippen molar-refractivity contribution in [2.75, 3.05) is 18.4 Å². The van der Waals surface area contributed by atoms with Crippen LogP contribution in [-0.2, 0) is 23.1 Å². The zero-order chi connectivity index (χ0) is 23.9. The summed E-state index contributed by atoms with van der Waals surface area (Å²) in [6.45, 7) is 0.645. The number of anilines is 1. The van der Waals surface area contributed by atoms with Crippen molar-refractivity contribution in [2.45, 2.75) is 35.8 Å². The number of aromatic nitrogens is 3. The van der Waals surface area contributed by atoms with Gasteiger partial charge in [0.2, 0.25) is 20.8 Å². The van der Waals surface area contributed by atoms with Crippen LogP contribution in [0.15, 0.2) is 29.4 Å². The molecular formula is C18H20F5N5O3S. The molecule has 32 heavy (non-hydrogen) atoms. The van der Waals surface area contributed by atoms with Crippen molar-refractivity contribution in [1.82, 2.24) is 19.7 Å². The van der Waals surface area contributed by atoms with Crippen molar-refractivity contribution in [2.24, 2.45) is 13.0 Å². The molecule has 1 fully saturated rings. The molecule has 0 radical (unpaired) electrons. The van der Waals surface area contributed by atoms with E-state index in [0.29, 0.717) is 10.9 Å². The number of amides is 2. The number of nitrogens with one attached hydrogen (secondary N) is 1. The molecule has 1 aliphatic heterocycles. The molecule has 1 saturated heterocycles. The Balaban J connectivity index is 1.74. The summed E-state index contributed by atoms with van der Waals surface area (Å²) >= 11 is 0. The highest BCUT2D eigenvalue weighted by atomic mass is 32.2. The van der Waals surface area contributed by atoms with Crippen LogP contribution >= 0.6 is 0 Å². The van der Waals surface area contributed by atoms with Crippen LogP contribution in [0, 0.1) is 11.9 Å². The molecule has 3 rings (SSSR count). The molecule has 176 valence electrons. The Morgan fingerprint density at radius 3 is 2.41 bits per heavy atom. The van der Waals surface area contributed by atoms with E-state index in [4.69, 9.17) is 0 Å². The van der Waals surface area contributed by atoms with E-state index in [1.165, 1.54) is 11.0 Å². The number of hydrogen-bond donors (Lipinski definition) is 1. The van der Waals surface area contributed by atoms with Crippen LogP contribution < -0.4 is 5.32 Å². The van der Waals surface area contributed by atoms with Crippen LogP contribution in [0.5, 0.6) is 0 Å². The SMILES string of the molecule is Cn1cc(S(=O)(=O)[C@@](C)(F)C2CCN(C(=O)Nc3ccnc(F)c3)CC2)c(C(F)(F)F)n1. The molecule has 1 aliphatic rings. The number of piperidine rings is 1. The molecule has 3 heterocycles. The number of alkyl halides is 4. The summed E-state index contributed by atoms with van der Waals surface area (Å²) in [6.07, 6.45) is -3.50. The average molecular weight is 481 g/mol. The van der Waals surface area contributed by atoms with Crippen molar-refractivity contribution in [1.29, 1.82) is 0 Å². The minimum absolute atomic E-state index is 0.0434. The lowest BCUT2D eigenvalue weighted by Crippen LogP contribution is -2.48. The van der Waals surface area contributed by atoms with Crippen LogP contribution in [0.2, 0.25) is 0 Å². The van der Waals surface area contributed by atoms with Crippen LogP contribution in [0.25, 0.3) is 0 Å². The third kappa shape index (κ3) is 4.54. The molecule has 0 aliphatic carbocycles. The van der Waals surface area contributed by atoms with Gasteiger partial charge in [-0.2, -0.15) is 22.7 Å². The summed E-state index contributed by atoms with van der Waals surface area (Å²) in [6, 6.07) is 1.76. The Morgan fingerprint density at radius 1 is 1.22 bits per heavy atom. The zero-order valence-corrected chi connectivity index (χ0v) is 17.8. The number of likely N-dealkylation sites (tertiary alicyclic amines) is 1. The highest BCUT2D eigenvalue weighted by molar-refractivity contribution is 7.92. The number of urea groups is 1. The first kappa shape index (κ1) is 23.9. The number of hydrogen-bond acceptors (Lipinski definition) is 5. The maximum atomic E-state index is 15.6. The van der Waals surface area contributed by atoms with Gasteiger partial charge < -0.3 is 10.2 Å². The molecule has 1 atom stereocenters. The number of carbonyl (C=O) groups is 1. The fourth-order valence-electron chi connectivity index (χ4n) is 3.58. The Kier molecular flexibility index (Phi) is 6.19. The predicted octanol–water partition coefficient (Wildman–Crippen LogP) is 3.38. The van der Waals surface area contributed by atoms with E-state index in [9.17, 15) is 30.8 Å². The van der Waals surface area contributed by atoms with E-state index < -0.39 is 49.5 Å². The molecule has 0 unspecified atom stereocenters. The smallest absolute Gasteiger partial charge is 0.325 e. The highest BCUT2D eigenvalue weighted by Crippen LogP contribution is 2.43. The number of halogens is 5. The van der Waals surface area contributed by atoms with Crippen molar-refractivity contribution >= 4 is 21.6 Å². The molecule has 2 amide bonds. The molecule has 0 spiro atoms. The summed E-state index contributed by atoms with van der Waals surface area (Å²) in [5.41, 5.74) is -1.52. The fourth-order valence-corrected chi connectivity index (χ4v) is 5.38. The van der Waals surface area contributed by atoms with Crippen molar-refractivity contribution in [3.05, 3.63) is 36.2 Å². The second-order valence-electron chi connectivity index (χ2n) is 7.56. The summed E-state index contributed by atoms with van der Waals surface area (Å²) in [5, 5.41) is 2.57. The van der Waals surface area contributed by atoms with E-state index in [0.717, 1.165) is 26.2 Å². The minimum atomic E-state index is -5.08. The fraction of sp³-hybridized carbons (Fsp3) is 0.500. The molecule has 0 saturated carbocycles. The second-order valence-corrected chi connectivity index (χ2v) is 9.81. The number of carbonyl (C=O) groups excluding carboxylic acids is 1. The molecule has 8 nitrogen and oxygen atoms in total. The minimum Gasteiger partial charge on any atom is -0.325 e. The Labute approximate surface area is 180 Å². The lowest BCUT2D eigenvalue weighted by molar-refractivity contribution is -0.143. The summed E-state index contributed by atoms with van der Waals surface area (Å²) in [4.78, 5) is 15.8. The predicted molar refractivity (Wildman–Crippen MR) is 102 cm³/mol. The highest BCUT2D eigenvalue weighted by Gasteiger charge is 2.52. The Morgan fingerprint density at radius 2 is 1.84 bits per heavy atom. The number of nitrogens with zero attached hydrogens (tertiary/aromatic N) is 4. The molecule has 0 aromatic carbocycles. The van der Waals surface area contributed by atoms with Gasteiger partial charge in [-0.25, -0.2) is 22.6 Å². The first-order chi connectivity index (χ1) is 14.7. The van der Waals surface area contributed by atoms with Gasteiger partial charge in [0.15, 0.2) is 5.69 Å². The topological polar surface area (TPSA) is 97.2 Å². The summed E-state index contributed by atoms with van der Waals surface area (Å²) in [5.74, 6) is -1.95. The van der Waals surface area contributed by atoms with Gasteiger partial charge in [-0.1, -0.05) is 0 Å². The maximum Gasteiger partial charge on any atom is 0.436 e. The summed E-state index contributed by atoms with van der Waals surface area (Å²) in [7, 11) is -3.95. The van der Waals surface area contributed by atoms with Crippen LogP contribution in [0.1, 0.15) is 25.5 Å². The first-order valence-corrected chi connectivity index (χ1v) is 10.9. The summed E-state index contributed by atoms with van der Waals surface area (Å²) < 4.78 is 94.8. The number of pyridine rings is 1. The lowest BCUT2D eigenvalue weighted by atomic mass is 9.92. The van der Waals surface area contributed by atoms with Gasteiger partial charge in [-0.3, -0.25) is 4.68 Å². The molecule has 1 N–H and O–H groups in total. The number of aryl methyl sites for hydroxylation is 1. The first-order valence-electron chi connectivity index (χ1n) is 9.45. The van der Waals surface area contributed by atoms with E-state index >= 15 is 4.39 Å². The van der Waals surface area contributed by atoms with Crippen LogP contribution in [-0.4, -0.2) is 52.2 Å². The number of rotatable bonds is 4. The van der Waals surface area contributed by atoms with E-state index in [2.05, 4.69) is 15.4 Å². The van der Waals surface area contributed by atoms with Gasteiger partial charge in [0.1, 0.15) is 4.90 Å².